The summed E-state index contributed by atoms with van der Waals surface area (Å²) in [6.07, 6.45) is 1.14. The molecule has 0 saturated heterocycles. The lowest BCUT2D eigenvalue weighted by atomic mass is 10.2. The van der Waals surface area contributed by atoms with Crippen LogP contribution < -0.4 is 9.64 Å². The third-order valence-electron chi connectivity index (χ3n) is 5.28. The normalized spacial score (nSPS) is 11.0. The van der Waals surface area contributed by atoms with Gasteiger partial charge in [0.25, 0.3) is 0 Å². The van der Waals surface area contributed by atoms with Gasteiger partial charge >= 0.3 is 35.7 Å². The molecule has 5 N–H and O–H groups in total. The minimum Gasteiger partial charge on any atom is -0.489 e. The van der Waals surface area contributed by atoms with Crippen LogP contribution in [0.2, 0.25) is 0 Å². The van der Waals surface area contributed by atoms with Crippen LogP contribution in [0.5, 0.6) is 5.75 Å². The van der Waals surface area contributed by atoms with E-state index in [0.29, 0.717) is 5.39 Å². The maximum atomic E-state index is 11.4. The van der Waals surface area contributed by atoms with Crippen molar-refractivity contribution in [2.75, 3.05) is 57.4 Å². The van der Waals surface area contributed by atoms with Gasteiger partial charge in [0.1, 0.15) is 31.0 Å². The second-order valence-electron chi connectivity index (χ2n) is 8.41. The summed E-state index contributed by atoms with van der Waals surface area (Å²) in [6, 6.07) is 4.32. The summed E-state index contributed by atoms with van der Waals surface area (Å²) in [5.74, 6) is -6.78. The first-order chi connectivity index (χ1) is 19.4. The van der Waals surface area contributed by atoms with E-state index < -0.39 is 61.9 Å². The highest BCUT2D eigenvalue weighted by molar-refractivity contribution is 5.90. The number of benzene rings is 1. The average molecular weight is 579 g/mol. The summed E-state index contributed by atoms with van der Waals surface area (Å²) in [5.41, 5.74) is 0.255. The number of furan rings is 1. The molecule has 0 bridgehead atoms. The van der Waals surface area contributed by atoms with Gasteiger partial charge in [0.15, 0.2) is 11.5 Å². The molecule has 3 aromatic rings. The van der Waals surface area contributed by atoms with Crippen molar-refractivity contribution in [1.29, 1.82) is 0 Å². The molecule has 0 radical (unpaired) electrons. The van der Waals surface area contributed by atoms with E-state index in [-0.39, 0.29) is 54.9 Å². The number of anilines is 1. The Hall–Kier alpha value is -5.16. The van der Waals surface area contributed by atoms with E-state index in [4.69, 9.17) is 33.6 Å². The maximum absolute atomic E-state index is 11.4. The molecule has 0 fully saturated rings. The second kappa shape index (κ2) is 13.8. The standard InChI is InChI=1S/C24H25N3O14/c28-19(29)9-26(10-20(30)31)1-2-38-3-4-39-16-5-13-6-17(18-8-25-23(41-18)24(36)37)40-15(13)7-14(16)27(11-21(32)33)12-22(34)35/h5-8H,1-4,9-12H2,(H,28,29)(H,30,31)(H,32,33)(H,34,35)(H,36,37). The van der Waals surface area contributed by atoms with Crippen LogP contribution in [0.4, 0.5) is 5.69 Å². The molecule has 2 heterocycles. The van der Waals surface area contributed by atoms with Gasteiger partial charge in [-0.05, 0) is 12.1 Å². The van der Waals surface area contributed by atoms with Gasteiger partial charge in [-0.3, -0.25) is 24.1 Å². The zero-order valence-corrected chi connectivity index (χ0v) is 21.2. The summed E-state index contributed by atoms with van der Waals surface area (Å²) >= 11 is 0. The van der Waals surface area contributed by atoms with Crippen molar-refractivity contribution in [3.05, 3.63) is 30.3 Å². The highest BCUT2D eigenvalue weighted by Crippen LogP contribution is 2.37. The zero-order valence-electron chi connectivity index (χ0n) is 21.2. The van der Waals surface area contributed by atoms with Gasteiger partial charge in [-0.15, -0.1) is 0 Å². The third kappa shape index (κ3) is 8.94. The molecule has 0 amide bonds. The summed E-state index contributed by atoms with van der Waals surface area (Å²) in [5, 5.41) is 45.9. The molecular formula is C24H25N3O14. The molecule has 0 aliphatic carbocycles. The van der Waals surface area contributed by atoms with E-state index in [1.54, 1.807) is 0 Å². The monoisotopic (exact) mass is 579 g/mol. The molecule has 0 unspecified atom stereocenters. The zero-order chi connectivity index (χ0) is 30.1. The first kappa shape index (κ1) is 30.4. The fraction of sp³-hybridized carbons (Fsp3) is 0.333. The molecule has 17 heteroatoms. The van der Waals surface area contributed by atoms with Crippen LogP contribution in [-0.2, 0) is 23.9 Å². The van der Waals surface area contributed by atoms with Gasteiger partial charge in [0, 0.05) is 18.0 Å². The van der Waals surface area contributed by atoms with Crippen LogP contribution in [0.3, 0.4) is 0 Å². The third-order valence-corrected chi connectivity index (χ3v) is 5.28. The molecule has 41 heavy (non-hydrogen) atoms. The van der Waals surface area contributed by atoms with Crippen LogP contribution in [0.25, 0.3) is 22.5 Å². The molecule has 2 aromatic heterocycles. The predicted octanol–water partition coefficient (Wildman–Crippen LogP) is 0.628. The number of aromatic carboxylic acids is 1. The Kier molecular flexibility index (Phi) is 10.2. The fourth-order valence-corrected chi connectivity index (χ4v) is 3.68. The number of hydrogen-bond acceptors (Lipinski definition) is 12. The molecule has 3 rings (SSSR count). The molecule has 17 nitrogen and oxygen atoms in total. The minimum absolute atomic E-state index is 0.00351. The number of nitrogens with zero attached hydrogens (tertiary/aromatic N) is 3. The van der Waals surface area contributed by atoms with Crippen molar-refractivity contribution in [3.63, 3.8) is 0 Å². The molecule has 1 aromatic carbocycles. The number of rotatable bonds is 18. The molecule has 220 valence electrons. The predicted molar refractivity (Wildman–Crippen MR) is 134 cm³/mol. The Morgan fingerprint density at radius 1 is 0.756 bits per heavy atom. The van der Waals surface area contributed by atoms with E-state index in [9.17, 15) is 34.2 Å². The maximum Gasteiger partial charge on any atom is 0.392 e. The highest BCUT2D eigenvalue weighted by Gasteiger charge is 2.22. The molecule has 0 spiro atoms. The van der Waals surface area contributed by atoms with Crippen molar-refractivity contribution in [2.24, 2.45) is 0 Å². The van der Waals surface area contributed by atoms with Crippen LogP contribution in [-0.4, -0.2) is 118 Å². The number of aliphatic carboxylic acids is 4. The van der Waals surface area contributed by atoms with Gasteiger partial charge in [-0.2, -0.15) is 0 Å². The van der Waals surface area contributed by atoms with Crippen LogP contribution >= 0.6 is 0 Å². The Labute approximate surface area is 229 Å². The van der Waals surface area contributed by atoms with Gasteiger partial charge in [-0.25, -0.2) is 9.78 Å². The van der Waals surface area contributed by atoms with E-state index in [0.717, 1.165) is 16.0 Å². The smallest absolute Gasteiger partial charge is 0.392 e. The lowest BCUT2D eigenvalue weighted by molar-refractivity contribution is -0.142. The molecular weight excluding hydrogens is 554 g/mol. The van der Waals surface area contributed by atoms with Gasteiger partial charge in [-0.1, -0.05) is 0 Å². The number of ether oxygens (including phenoxy) is 2. The number of carbonyl (C=O) groups is 5. The molecule has 0 aliphatic heterocycles. The number of fused-ring (bicyclic) bond motifs is 1. The first-order valence-electron chi connectivity index (χ1n) is 11.7. The highest BCUT2D eigenvalue weighted by atomic mass is 16.5. The molecule has 0 atom stereocenters. The average Bonchev–Trinajstić information content (AvgIpc) is 3.51. The number of oxazole rings is 1. The summed E-state index contributed by atoms with van der Waals surface area (Å²) in [7, 11) is 0. The van der Waals surface area contributed by atoms with Crippen molar-refractivity contribution < 1.29 is 67.8 Å². The number of carboxylic acids is 5. The summed E-state index contributed by atoms with van der Waals surface area (Å²) < 4.78 is 22.0. The topological polar surface area (TPSA) is 251 Å². The van der Waals surface area contributed by atoms with E-state index in [1.807, 2.05) is 0 Å². The first-order valence-corrected chi connectivity index (χ1v) is 11.7. The lowest BCUT2D eigenvalue weighted by Gasteiger charge is -2.23. The van der Waals surface area contributed by atoms with Crippen molar-refractivity contribution in [3.8, 4) is 17.3 Å². The SMILES string of the molecule is O=C(O)CN(CCOCCOc1cc2cc(-c3cnc(C(=O)O)o3)oc2cc1N(CC(=O)O)CC(=O)O)CC(=O)O. The van der Waals surface area contributed by atoms with E-state index >= 15 is 0 Å². The number of hydrogen-bond donors (Lipinski definition) is 5. The van der Waals surface area contributed by atoms with Gasteiger partial charge in [0.05, 0.1) is 38.2 Å². The number of carboxylic acid groups (broad SMARTS) is 5. The fourth-order valence-electron chi connectivity index (χ4n) is 3.68. The van der Waals surface area contributed by atoms with Crippen LogP contribution in [0.1, 0.15) is 10.7 Å². The van der Waals surface area contributed by atoms with Crippen molar-refractivity contribution in [1.82, 2.24) is 9.88 Å². The van der Waals surface area contributed by atoms with Crippen molar-refractivity contribution in [2.45, 2.75) is 0 Å². The second-order valence-corrected chi connectivity index (χ2v) is 8.41. The Bertz CT molecular complexity index is 1400. The summed E-state index contributed by atoms with van der Waals surface area (Å²) in [4.78, 5) is 61.6. The number of aromatic nitrogens is 1. The Balaban J connectivity index is 1.79. The van der Waals surface area contributed by atoms with E-state index in [2.05, 4.69) is 4.98 Å². The minimum atomic E-state index is -1.39. The quantitative estimate of drug-likeness (QED) is 0.130. The molecule has 0 aliphatic rings. The summed E-state index contributed by atoms with van der Waals surface area (Å²) in [6.45, 7) is -2.48. The van der Waals surface area contributed by atoms with Gasteiger partial charge < -0.3 is 48.7 Å². The molecule has 0 saturated carbocycles. The lowest BCUT2D eigenvalue weighted by Crippen LogP contribution is -2.37. The largest absolute Gasteiger partial charge is 0.489 e. The van der Waals surface area contributed by atoms with Crippen LogP contribution in [0, 0.1) is 0 Å². The van der Waals surface area contributed by atoms with Gasteiger partial charge in [0.2, 0.25) is 0 Å². The Morgan fingerprint density at radius 2 is 1.39 bits per heavy atom. The Morgan fingerprint density at radius 3 is 1.95 bits per heavy atom. The van der Waals surface area contributed by atoms with E-state index in [1.165, 1.54) is 18.2 Å². The van der Waals surface area contributed by atoms with Crippen molar-refractivity contribution >= 4 is 46.5 Å². The van der Waals surface area contributed by atoms with Crippen LogP contribution in [0.15, 0.2) is 33.2 Å².